The van der Waals surface area contributed by atoms with Gasteiger partial charge in [0.1, 0.15) is 18.8 Å². The van der Waals surface area contributed by atoms with Gasteiger partial charge in [-0.2, -0.15) is 0 Å². The van der Waals surface area contributed by atoms with Gasteiger partial charge in [0.15, 0.2) is 24.6 Å². The van der Waals surface area contributed by atoms with Crippen LogP contribution in [-0.2, 0) is 42.9 Å². The molecule has 0 spiro atoms. The van der Waals surface area contributed by atoms with E-state index in [-0.39, 0.29) is 25.9 Å². The molecule has 0 aromatic heterocycles. The quantitative estimate of drug-likeness (QED) is 0.0228. The SMILES string of the molecule is CC/C=C\C/C=C\C/C=C\C/C=C\CCCCCCCCC(=O)OCC(COC1OC(C(=O)O)C(O)C(O)C1OC(=O)CCCCCCC/C=C\CCCCCCCC)OC(=O)CC/C=C\C/C=C\C/C=C\C/C=C\CC. The highest BCUT2D eigenvalue weighted by atomic mass is 16.7. The first-order valence-corrected chi connectivity index (χ1v) is 29.9. The monoisotopic (exact) mass is 1080 g/mol. The molecule has 0 saturated carbocycles. The van der Waals surface area contributed by atoms with Crippen molar-refractivity contribution < 1.29 is 58.2 Å². The fourth-order valence-electron chi connectivity index (χ4n) is 8.31. The van der Waals surface area contributed by atoms with E-state index in [4.69, 9.17) is 23.7 Å². The number of hydrogen-bond acceptors (Lipinski definition) is 11. The molecule has 0 amide bonds. The zero-order valence-corrected chi connectivity index (χ0v) is 47.9. The van der Waals surface area contributed by atoms with E-state index in [2.05, 4.69) is 118 Å². The molecule has 6 atom stereocenters. The summed E-state index contributed by atoms with van der Waals surface area (Å²) in [5.74, 6) is -3.27. The molecule has 1 heterocycles. The third-order valence-corrected chi connectivity index (χ3v) is 12.8. The molecule has 0 aliphatic carbocycles. The lowest BCUT2D eigenvalue weighted by molar-refractivity contribution is -0.301. The number of carboxylic acids is 1. The molecule has 0 radical (unpaired) electrons. The Balaban J connectivity index is 2.72. The van der Waals surface area contributed by atoms with E-state index in [1.807, 2.05) is 12.2 Å². The minimum absolute atomic E-state index is 0.0324. The van der Waals surface area contributed by atoms with Gasteiger partial charge in [-0.05, 0) is 109 Å². The molecule has 1 aliphatic rings. The summed E-state index contributed by atoms with van der Waals surface area (Å²) in [5, 5.41) is 31.5. The van der Waals surface area contributed by atoms with Crippen molar-refractivity contribution in [2.45, 2.75) is 263 Å². The van der Waals surface area contributed by atoms with Crippen LogP contribution in [0, 0.1) is 0 Å². The number of rotatable bonds is 49. The molecule has 1 fully saturated rings. The summed E-state index contributed by atoms with van der Waals surface area (Å²) in [6.45, 7) is 5.67. The lowest BCUT2D eigenvalue weighted by atomic mass is 9.98. The number of carbonyl (C=O) groups is 4. The number of allylic oxidation sites excluding steroid dienone is 18. The van der Waals surface area contributed by atoms with Crippen molar-refractivity contribution in [3.05, 3.63) is 109 Å². The Hall–Kier alpha value is -4.62. The Morgan fingerprint density at radius 1 is 0.442 bits per heavy atom. The molecule has 0 bridgehead atoms. The van der Waals surface area contributed by atoms with Crippen LogP contribution < -0.4 is 0 Å². The molecule has 1 rings (SSSR count). The van der Waals surface area contributed by atoms with Crippen LogP contribution in [0.3, 0.4) is 0 Å². The van der Waals surface area contributed by atoms with Crippen LogP contribution in [-0.4, -0.2) is 89.2 Å². The summed E-state index contributed by atoms with van der Waals surface area (Å²) in [7, 11) is 0. The molecule has 12 heteroatoms. The van der Waals surface area contributed by atoms with Crippen molar-refractivity contribution in [3.63, 3.8) is 0 Å². The van der Waals surface area contributed by atoms with Crippen LogP contribution >= 0.6 is 0 Å². The van der Waals surface area contributed by atoms with Gasteiger partial charge in [0.05, 0.1) is 6.61 Å². The molecule has 6 unspecified atom stereocenters. The van der Waals surface area contributed by atoms with Crippen LogP contribution in [0.15, 0.2) is 109 Å². The number of unbranched alkanes of at least 4 members (excludes halogenated alkanes) is 17. The van der Waals surface area contributed by atoms with E-state index in [0.29, 0.717) is 25.7 Å². The predicted molar refractivity (Wildman–Crippen MR) is 312 cm³/mol. The van der Waals surface area contributed by atoms with Crippen molar-refractivity contribution in [2.75, 3.05) is 13.2 Å². The normalized spacial score (nSPS) is 18.8. The number of esters is 3. The van der Waals surface area contributed by atoms with Crippen molar-refractivity contribution in [1.82, 2.24) is 0 Å². The van der Waals surface area contributed by atoms with Crippen LogP contribution in [0.1, 0.15) is 226 Å². The summed E-state index contributed by atoms with van der Waals surface area (Å²) >= 11 is 0. The highest BCUT2D eigenvalue weighted by molar-refractivity contribution is 5.74. The largest absolute Gasteiger partial charge is 0.479 e. The van der Waals surface area contributed by atoms with E-state index in [0.717, 1.165) is 122 Å². The molecule has 12 nitrogen and oxygen atoms in total. The zero-order chi connectivity index (χ0) is 56.1. The Kier molecular flexibility index (Phi) is 47.6. The van der Waals surface area contributed by atoms with Gasteiger partial charge in [-0.25, -0.2) is 4.79 Å². The van der Waals surface area contributed by atoms with Gasteiger partial charge in [-0.1, -0.05) is 207 Å². The molecule has 0 aromatic rings. The Labute approximate surface area is 465 Å². The van der Waals surface area contributed by atoms with E-state index in [9.17, 15) is 34.5 Å². The second-order valence-corrected chi connectivity index (χ2v) is 19.9. The fourth-order valence-corrected chi connectivity index (χ4v) is 8.31. The maximum Gasteiger partial charge on any atom is 0.335 e. The molecule has 1 aliphatic heterocycles. The van der Waals surface area contributed by atoms with Gasteiger partial charge in [-0.3, -0.25) is 14.4 Å². The van der Waals surface area contributed by atoms with Crippen LogP contribution in [0.2, 0.25) is 0 Å². The summed E-state index contributed by atoms with van der Waals surface area (Å²) in [5.41, 5.74) is 0. The third-order valence-electron chi connectivity index (χ3n) is 12.8. The number of carbonyl (C=O) groups excluding carboxylic acids is 3. The Morgan fingerprint density at radius 2 is 0.844 bits per heavy atom. The summed E-state index contributed by atoms with van der Waals surface area (Å²) in [4.78, 5) is 51.1. The van der Waals surface area contributed by atoms with E-state index < -0.39 is 67.3 Å². The lowest BCUT2D eigenvalue weighted by Gasteiger charge is -2.40. The summed E-state index contributed by atoms with van der Waals surface area (Å²) < 4.78 is 28.3. The molecule has 0 aromatic carbocycles. The number of ether oxygens (including phenoxy) is 5. The van der Waals surface area contributed by atoms with E-state index in [1.54, 1.807) is 0 Å². The predicted octanol–water partition coefficient (Wildman–Crippen LogP) is 15.4. The first-order chi connectivity index (χ1) is 37.6. The van der Waals surface area contributed by atoms with Gasteiger partial charge in [0, 0.05) is 19.3 Å². The molecule has 1 saturated heterocycles. The molecular formula is C65H104O12. The molecular weight excluding hydrogens is 973 g/mol. The first kappa shape index (κ1) is 70.4. The second kappa shape index (κ2) is 52.1. The number of carboxylic acid groups (broad SMARTS) is 1. The van der Waals surface area contributed by atoms with Crippen LogP contribution in [0.5, 0.6) is 0 Å². The number of aliphatic hydroxyl groups is 2. The average molecular weight is 1080 g/mol. The lowest BCUT2D eigenvalue weighted by Crippen LogP contribution is -2.61. The summed E-state index contributed by atoms with van der Waals surface area (Å²) in [6, 6.07) is 0. The smallest absolute Gasteiger partial charge is 0.335 e. The Bertz CT molecular complexity index is 1750. The first-order valence-electron chi connectivity index (χ1n) is 29.9. The third kappa shape index (κ3) is 42.1. The molecule has 3 N–H and O–H groups in total. The minimum Gasteiger partial charge on any atom is -0.479 e. The highest BCUT2D eigenvalue weighted by Crippen LogP contribution is 2.26. The highest BCUT2D eigenvalue weighted by Gasteiger charge is 2.50. The minimum atomic E-state index is -1.92. The number of aliphatic carboxylic acids is 1. The van der Waals surface area contributed by atoms with Crippen molar-refractivity contribution in [2.24, 2.45) is 0 Å². The molecule has 77 heavy (non-hydrogen) atoms. The topological polar surface area (TPSA) is 175 Å². The maximum atomic E-state index is 13.1. The van der Waals surface area contributed by atoms with E-state index in [1.165, 1.54) is 38.5 Å². The van der Waals surface area contributed by atoms with Gasteiger partial charge in [0.25, 0.3) is 0 Å². The molecule has 436 valence electrons. The van der Waals surface area contributed by atoms with Crippen LogP contribution in [0.4, 0.5) is 0 Å². The van der Waals surface area contributed by atoms with E-state index >= 15 is 0 Å². The Morgan fingerprint density at radius 3 is 1.31 bits per heavy atom. The maximum absolute atomic E-state index is 13.1. The summed E-state index contributed by atoms with van der Waals surface area (Å²) in [6.07, 6.45) is 57.9. The van der Waals surface area contributed by atoms with Gasteiger partial charge < -0.3 is 39.0 Å². The van der Waals surface area contributed by atoms with Gasteiger partial charge >= 0.3 is 23.9 Å². The number of hydrogen-bond donors (Lipinski definition) is 3. The standard InChI is InChI=1S/C65H104O12/c1-4-7-10-13-16-19-22-25-27-28-29-30-32-34-36-39-42-45-48-51-57(66)73-54-56(75-58(67)52-49-46-43-40-37-33-24-21-18-15-12-9-6-3)55-74-65-63(61(70)60(69)62(77-65)64(71)72)76-59(68)53-50-47-44-41-38-35-31-26-23-20-17-14-11-8-5-2/h7,9-10,12,16,18-19,21,25-27,29-31,33,37,43,46,56,60-63,65,69-70H,4-6,8,11,13-15,17,20,22-24,28,32,34-36,38-42,44-45,47-55H2,1-3H3,(H,71,72)/b10-7-,12-9-,19-16-,21-18-,27-25-,30-29-,31-26-,37-33-,46-43-. The van der Waals surface area contributed by atoms with Crippen molar-refractivity contribution in [1.29, 1.82) is 0 Å². The van der Waals surface area contributed by atoms with Crippen molar-refractivity contribution in [3.8, 4) is 0 Å². The number of aliphatic hydroxyl groups excluding tert-OH is 2. The van der Waals surface area contributed by atoms with Gasteiger partial charge in [-0.15, -0.1) is 0 Å². The van der Waals surface area contributed by atoms with Gasteiger partial charge in [0.2, 0.25) is 0 Å². The van der Waals surface area contributed by atoms with Crippen molar-refractivity contribution >= 4 is 23.9 Å². The average Bonchev–Trinajstić information content (AvgIpc) is 3.42. The fraction of sp³-hybridized carbons (Fsp3) is 0.662. The zero-order valence-electron chi connectivity index (χ0n) is 47.9. The second-order valence-electron chi connectivity index (χ2n) is 19.9. The van der Waals surface area contributed by atoms with Crippen LogP contribution in [0.25, 0.3) is 0 Å².